The van der Waals surface area contributed by atoms with Crippen LogP contribution in [0.1, 0.15) is 0 Å². The van der Waals surface area contributed by atoms with Gasteiger partial charge in [0.25, 0.3) is 0 Å². The van der Waals surface area contributed by atoms with Gasteiger partial charge in [0.15, 0.2) is 0 Å². The highest BCUT2D eigenvalue weighted by Crippen LogP contribution is 2.38. The second kappa shape index (κ2) is 7.59. The summed E-state index contributed by atoms with van der Waals surface area (Å²) in [5, 5.41) is 4.75. The molecule has 34 heavy (non-hydrogen) atoms. The van der Waals surface area contributed by atoms with Crippen LogP contribution in [-0.4, -0.2) is 4.57 Å². The fourth-order valence-corrected chi connectivity index (χ4v) is 5.73. The molecule has 0 spiro atoms. The number of furan rings is 1. The molecular formula is C30H17Br2NO. The van der Waals surface area contributed by atoms with Crippen molar-refractivity contribution in [1.29, 1.82) is 0 Å². The van der Waals surface area contributed by atoms with Crippen LogP contribution in [0.3, 0.4) is 0 Å². The molecule has 0 aliphatic rings. The van der Waals surface area contributed by atoms with Gasteiger partial charge in [-0.15, -0.1) is 0 Å². The lowest BCUT2D eigenvalue weighted by Crippen LogP contribution is -1.94. The van der Waals surface area contributed by atoms with Gasteiger partial charge in [-0.1, -0.05) is 92.5 Å². The fraction of sp³-hybridized carbons (Fsp3) is 0. The maximum absolute atomic E-state index is 6.32. The predicted octanol–water partition coefficient (Wildman–Crippen LogP) is 9.88. The predicted molar refractivity (Wildman–Crippen MR) is 149 cm³/mol. The van der Waals surface area contributed by atoms with E-state index < -0.39 is 0 Å². The van der Waals surface area contributed by atoms with Gasteiger partial charge in [0.1, 0.15) is 11.2 Å². The van der Waals surface area contributed by atoms with E-state index in [0.29, 0.717) is 0 Å². The van der Waals surface area contributed by atoms with Crippen LogP contribution in [-0.2, 0) is 0 Å². The highest BCUT2D eigenvalue weighted by molar-refractivity contribution is 9.10. The molecule has 0 radical (unpaired) electrons. The fourth-order valence-electron chi connectivity index (χ4n) is 5.03. The van der Waals surface area contributed by atoms with Crippen LogP contribution in [0.5, 0.6) is 0 Å². The van der Waals surface area contributed by atoms with Gasteiger partial charge in [0, 0.05) is 41.7 Å². The molecular weight excluding hydrogens is 550 g/mol. The maximum atomic E-state index is 6.32. The number of hydrogen-bond acceptors (Lipinski definition) is 1. The van der Waals surface area contributed by atoms with Crippen LogP contribution in [0.2, 0.25) is 0 Å². The molecule has 4 heteroatoms. The summed E-state index contributed by atoms with van der Waals surface area (Å²) >= 11 is 7.34. The molecule has 0 unspecified atom stereocenters. The van der Waals surface area contributed by atoms with Crippen molar-refractivity contribution in [1.82, 2.24) is 4.57 Å². The number of fused-ring (bicyclic) bond motifs is 6. The third-order valence-corrected chi connectivity index (χ3v) is 7.50. The Kier molecular flexibility index (Phi) is 4.48. The van der Waals surface area contributed by atoms with Gasteiger partial charge < -0.3 is 8.98 Å². The molecule has 0 N–H and O–H groups in total. The molecule has 0 saturated carbocycles. The first-order valence-corrected chi connectivity index (χ1v) is 12.7. The molecule has 2 aromatic heterocycles. The number of rotatable bonds is 2. The Hall–Kier alpha value is -3.34. The summed E-state index contributed by atoms with van der Waals surface area (Å²) < 4.78 is 10.8. The Morgan fingerprint density at radius 1 is 0.559 bits per heavy atom. The zero-order chi connectivity index (χ0) is 22.8. The van der Waals surface area contributed by atoms with Crippen molar-refractivity contribution < 1.29 is 4.42 Å². The summed E-state index contributed by atoms with van der Waals surface area (Å²) in [6.07, 6.45) is 0. The van der Waals surface area contributed by atoms with Crippen LogP contribution in [0.25, 0.3) is 60.6 Å². The van der Waals surface area contributed by atoms with Gasteiger partial charge in [-0.2, -0.15) is 0 Å². The molecule has 0 aliphatic heterocycles. The lowest BCUT2D eigenvalue weighted by molar-refractivity contribution is 0.670. The summed E-state index contributed by atoms with van der Waals surface area (Å²) in [4.78, 5) is 0. The first kappa shape index (κ1) is 20.1. The molecule has 7 aromatic rings. The first-order chi connectivity index (χ1) is 16.7. The van der Waals surface area contributed by atoms with E-state index in [2.05, 4.69) is 127 Å². The van der Waals surface area contributed by atoms with Crippen molar-refractivity contribution in [2.45, 2.75) is 0 Å². The average molecular weight is 567 g/mol. The van der Waals surface area contributed by atoms with Crippen molar-refractivity contribution in [2.75, 3.05) is 0 Å². The topological polar surface area (TPSA) is 18.1 Å². The molecule has 162 valence electrons. The quantitative estimate of drug-likeness (QED) is 0.203. The largest absolute Gasteiger partial charge is 0.455 e. The van der Waals surface area contributed by atoms with Crippen LogP contribution < -0.4 is 0 Å². The molecule has 0 bridgehead atoms. The number of para-hydroxylation sites is 2. The SMILES string of the molecule is Brc1ccc2c3ccc(Br)cc3n(-c3cccc(-c4cccc5c4oc4ccccc45)c3)c2c1. The second-order valence-corrected chi connectivity index (χ2v) is 10.3. The molecule has 0 amide bonds. The van der Waals surface area contributed by atoms with Crippen LogP contribution >= 0.6 is 31.9 Å². The molecule has 7 rings (SSSR count). The molecule has 0 aliphatic carbocycles. The molecule has 2 heterocycles. The minimum Gasteiger partial charge on any atom is -0.455 e. The van der Waals surface area contributed by atoms with Crippen molar-refractivity contribution in [2.24, 2.45) is 0 Å². The summed E-state index contributed by atoms with van der Waals surface area (Å²) in [6.45, 7) is 0. The maximum Gasteiger partial charge on any atom is 0.143 e. The van der Waals surface area contributed by atoms with E-state index in [0.717, 1.165) is 47.7 Å². The zero-order valence-corrected chi connectivity index (χ0v) is 21.1. The summed E-state index contributed by atoms with van der Waals surface area (Å²) in [5.74, 6) is 0. The summed E-state index contributed by atoms with van der Waals surface area (Å²) in [5.41, 5.74) is 7.51. The number of nitrogens with zero attached hydrogens (tertiary/aromatic N) is 1. The van der Waals surface area contributed by atoms with Gasteiger partial charge >= 0.3 is 0 Å². The third kappa shape index (κ3) is 2.99. The van der Waals surface area contributed by atoms with E-state index in [-0.39, 0.29) is 0 Å². The highest BCUT2D eigenvalue weighted by atomic mass is 79.9. The standard InChI is InChI=1S/C30H17Br2NO/c31-19-11-13-23-24-14-12-20(32)17-28(24)33(27(23)16-19)21-6-3-5-18(15-21)22-8-4-9-26-25-7-1-2-10-29(25)34-30(22)26/h1-17H. The van der Waals surface area contributed by atoms with E-state index >= 15 is 0 Å². The number of hydrogen-bond donors (Lipinski definition) is 0. The first-order valence-electron chi connectivity index (χ1n) is 11.1. The summed E-state index contributed by atoms with van der Waals surface area (Å²) in [6, 6.07) is 36.3. The van der Waals surface area contributed by atoms with E-state index in [4.69, 9.17) is 4.42 Å². The third-order valence-electron chi connectivity index (χ3n) is 6.51. The van der Waals surface area contributed by atoms with Gasteiger partial charge in [-0.25, -0.2) is 0 Å². The van der Waals surface area contributed by atoms with Crippen molar-refractivity contribution in [3.63, 3.8) is 0 Å². The Morgan fingerprint density at radius 3 is 2.00 bits per heavy atom. The number of benzene rings is 5. The normalized spacial score (nSPS) is 11.8. The van der Waals surface area contributed by atoms with Crippen molar-refractivity contribution in [3.8, 4) is 16.8 Å². The van der Waals surface area contributed by atoms with E-state index in [1.54, 1.807) is 0 Å². The minimum atomic E-state index is 0.915. The van der Waals surface area contributed by atoms with Crippen molar-refractivity contribution in [3.05, 3.63) is 112 Å². The van der Waals surface area contributed by atoms with Crippen molar-refractivity contribution >= 4 is 75.6 Å². The summed E-state index contributed by atoms with van der Waals surface area (Å²) in [7, 11) is 0. The number of halogens is 2. The number of aromatic nitrogens is 1. The Labute approximate surface area is 212 Å². The second-order valence-electron chi connectivity index (χ2n) is 8.49. The smallest absolute Gasteiger partial charge is 0.143 e. The van der Waals surface area contributed by atoms with E-state index in [1.807, 2.05) is 12.1 Å². The van der Waals surface area contributed by atoms with Gasteiger partial charge in [0.05, 0.1) is 11.0 Å². The average Bonchev–Trinajstić information content (AvgIpc) is 3.39. The Bertz CT molecular complexity index is 1830. The van der Waals surface area contributed by atoms with Crippen LogP contribution in [0.15, 0.2) is 116 Å². The lowest BCUT2D eigenvalue weighted by atomic mass is 10.0. The van der Waals surface area contributed by atoms with Gasteiger partial charge in [-0.05, 0) is 48.0 Å². The zero-order valence-electron chi connectivity index (χ0n) is 17.9. The van der Waals surface area contributed by atoms with E-state index in [1.165, 1.54) is 21.8 Å². The van der Waals surface area contributed by atoms with Crippen LogP contribution in [0, 0.1) is 0 Å². The monoisotopic (exact) mass is 565 g/mol. The van der Waals surface area contributed by atoms with Gasteiger partial charge in [-0.3, -0.25) is 0 Å². The molecule has 0 saturated heterocycles. The molecule has 5 aromatic carbocycles. The van der Waals surface area contributed by atoms with Crippen LogP contribution in [0.4, 0.5) is 0 Å². The molecule has 2 nitrogen and oxygen atoms in total. The Morgan fingerprint density at radius 2 is 1.24 bits per heavy atom. The highest BCUT2D eigenvalue weighted by Gasteiger charge is 2.15. The molecule has 0 atom stereocenters. The van der Waals surface area contributed by atoms with Gasteiger partial charge in [0.2, 0.25) is 0 Å². The Balaban J connectivity index is 1.51. The lowest BCUT2D eigenvalue weighted by Gasteiger charge is -2.11. The minimum absolute atomic E-state index is 0.915. The molecule has 0 fully saturated rings. The van der Waals surface area contributed by atoms with E-state index in [9.17, 15) is 0 Å².